The standard InChI is InChI=1S/C17H18F2N2.2ClH/c1-20-7-12-9-21(10-13(12)8-20)17-15(18)6-11-4-2-3-5-14(11)16(17)19;;/h2-6,12-13H,7-10H2,1H3;2*1H. The Balaban J connectivity index is 0.000000960. The van der Waals surface area contributed by atoms with Crippen LogP contribution in [0.2, 0.25) is 0 Å². The number of hydrogen-bond acceptors (Lipinski definition) is 2. The Kier molecular flexibility index (Phi) is 5.39. The Morgan fingerprint density at radius 1 is 0.957 bits per heavy atom. The van der Waals surface area contributed by atoms with E-state index in [2.05, 4.69) is 11.9 Å². The average molecular weight is 361 g/mol. The van der Waals surface area contributed by atoms with Gasteiger partial charge in [0, 0.05) is 31.6 Å². The topological polar surface area (TPSA) is 6.48 Å². The van der Waals surface area contributed by atoms with Crippen LogP contribution in [0, 0.1) is 23.5 Å². The van der Waals surface area contributed by atoms with Crippen molar-refractivity contribution in [2.75, 3.05) is 38.1 Å². The lowest BCUT2D eigenvalue weighted by Gasteiger charge is -2.23. The number of benzene rings is 2. The predicted molar refractivity (Wildman–Crippen MR) is 95.1 cm³/mol. The Hall–Kier alpha value is -1.10. The number of likely N-dealkylation sites (tertiary alicyclic amines) is 1. The molecule has 2 aliphatic rings. The summed E-state index contributed by atoms with van der Waals surface area (Å²) in [5.74, 6) is 0.194. The van der Waals surface area contributed by atoms with Crippen LogP contribution >= 0.6 is 24.8 Å². The van der Waals surface area contributed by atoms with Crippen molar-refractivity contribution in [3.05, 3.63) is 42.0 Å². The molecular formula is C17H20Cl2F2N2. The molecule has 0 amide bonds. The van der Waals surface area contributed by atoms with E-state index >= 15 is 0 Å². The minimum Gasteiger partial charge on any atom is -0.366 e. The van der Waals surface area contributed by atoms with Gasteiger partial charge in [-0.2, -0.15) is 0 Å². The number of rotatable bonds is 1. The van der Waals surface area contributed by atoms with Crippen LogP contribution in [-0.2, 0) is 0 Å². The van der Waals surface area contributed by atoms with E-state index in [1.165, 1.54) is 6.07 Å². The van der Waals surface area contributed by atoms with Crippen molar-refractivity contribution >= 4 is 41.3 Å². The molecule has 0 radical (unpaired) electrons. The van der Waals surface area contributed by atoms with Gasteiger partial charge in [-0.1, -0.05) is 24.3 Å². The first-order valence-electron chi connectivity index (χ1n) is 7.43. The van der Waals surface area contributed by atoms with Crippen molar-refractivity contribution in [1.82, 2.24) is 4.90 Å². The minimum absolute atomic E-state index is 0. The highest BCUT2D eigenvalue weighted by Gasteiger charge is 2.40. The maximum Gasteiger partial charge on any atom is 0.157 e. The molecule has 0 aromatic heterocycles. The first-order chi connectivity index (χ1) is 10.1. The lowest BCUT2D eigenvalue weighted by atomic mass is 10.0. The Bertz CT molecular complexity index is 696. The van der Waals surface area contributed by atoms with E-state index in [4.69, 9.17) is 0 Å². The van der Waals surface area contributed by atoms with E-state index < -0.39 is 11.6 Å². The molecule has 2 aromatic rings. The van der Waals surface area contributed by atoms with Crippen LogP contribution in [0.1, 0.15) is 0 Å². The third kappa shape index (κ3) is 3.00. The van der Waals surface area contributed by atoms with Crippen LogP contribution in [0.25, 0.3) is 10.8 Å². The van der Waals surface area contributed by atoms with E-state index in [-0.39, 0.29) is 30.5 Å². The maximum atomic E-state index is 14.7. The second kappa shape index (κ2) is 6.80. The molecule has 0 N–H and O–H groups in total. The van der Waals surface area contributed by atoms with Gasteiger partial charge in [0.05, 0.1) is 0 Å². The summed E-state index contributed by atoms with van der Waals surface area (Å²) in [5.41, 5.74) is 0.158. The van der Waals surface area contributed by atoms with Crippen molar-refractivity contribution in [2.45, 2.75) is 0 Å². The Labute approximate surface area is 147 Å². The van der Waals surface area contributed by atoms with Crippen molar-refractivity contribution in [3.8, 4) is 0 Å². The van der Waals surface area contributed by atoms with E-state index in [1.807, 2.05) is 4.90 Å². The van der Waals surface area contributed by atoms with Crippen molar-refractivity contribution in [1.29, 1.82) is 0 Å². The van der Waals surface area contributed by atoms with Gasteiger partial charge in [-0.3, -0.25) is 0 Å². The molecular weight excluding hydrogens is 341 g/mol. The number of anilines is 1. The van der Waals surface area contributed by atoms with Gasteiger partial charge in [-0.15, -0.1) is 24.8 Å². The molecule has 0 saturated carbocycles. The number of fused-ring (bicyclic) bond motifs is 2. The average Bonchev–Trinajstić information content (AvgIpc) is 2.96. The molecule has 4 rings (SSSR count). The summed E-state index contributed by atoms with van der Waals surface area (Å²) in [7, 11) is 2.11. The third-order valence-corrected chi connectivity index (χ3v) is 4.90. The van der Waals surface area contributed by atoms with Gasteiger partial charge >= 0.3 is 0 Å². The van der Waals surface area contributed by atoms with Crippen molar-refractivity contribution in [3.63, 3.8) is 0 Å². The van der Waals surface area contributed by atoms with Crippen LogP contribution < -0.4 is 4.90 Å². The summed E-state index contributed by atoms with van der Waals surface area (Å²) in [6.45, 7) is 3.55. The lowest BCUT2D eigenvalue weighted by molar-refractivity contribution is 0.386. The molecule has 126 valence electrons. The summed E-state index contributed by atoms with van der Waals surface area (Å²) in [6, 6.07) is 8.52. The first-order valence-corrected chi connectivity index (χ1v) is 7.43. The summed E-state index contributed by atoms with van der Waals surface area (Å²) in [4.78, 5) is 4.21. The molecule has 2 fully saturated rings. The number of nitrogens with zero attached hydrogens (tertiary/aromatic N) is 2. The molecule has 0 aliphatic carbocycles. The highest BCUT2D eigenvalue weighted by Crippen LogP contribution is 2.37. The number of hydrogen-bond donors (Lipinski definition) is 0. The summed E-state index contributed by atoms with van der Waals surface area (Å²) in [5, 5.41) is 1.12. The fourth-order valence-corrected chi connectivity index (χ4v) is 3.96. The summed E-state index contributed by atoms with van der Waals surface area (Å²) < 4.78 is 29.1. The molecule has 2 aliphatic heterocycles. The first kappa shape index (κ1) is 18.2. The van der Waals surface area contributed by atoms with E-state index in [9.17, 15) is 8.78 Å². The van der Waals surface area contributed by atoms with E-state index in [0.717, 1.165) is 26.2 Å². The smallest absolute Gasteiger partial charge is 0.157 e. The molecule has 2 heterocycles. The van der Waals surface area contributed by atoms with Crippen LogP contribution in [-0.4, -0.2) is 38.1 Å². The fraction of sp³-hybridized carbons (Fsp3) is 0.412. The highest BCUT2D eigenvalue weighted by molar-refractivity contribution is 5.87. The minimum atomic E-state index is -0.445. The van der Waals surface area contributed by atoms with E-state index in [1.54, 1.807) is 24.3 Å². The zero-order valence-corrected chi connectivity index (χ0v) is 14.5. The summed E-state index contributed by atoms with van der Waals surface area (Å²) >= 11 is 0. The maximum absolute atomic E-state index is 14.7. The highest BCUT2D eigenvalue weighted by atomic mass is 35.5. The van der Waals surface area contributed by atoms with Gasteiger partial charge in [-0.05, 0) is 30.3 Å². The molecule has 23 heavy (non-hydrogen) atoms. The predicted octanol–water partition coefficient (Wildman–Crippen LogP) is 3.96. The van der Waals surface area contributed by atoms with Crippen LogP contribution in [0.3, 0.4) is 0 Å². The SMILES string of the molecule is CN1CC2CN(c3c(F)cc4ccccc4c3F)CC2C1.Cl.Cl. The zero-order chi connectivity index (χ0) is 14.6. The fourth-order valence-electron chi connectivity index (χ4n) is 3.96. The molecule has 2 aromatic carbocycles. The van der Waals surface area contributed by atoms with Gasteiger partial charge in [-0.25, -0.2) is 8.78 Å². The van der Waals surface area contributed by atoms with Crippen LogP contribution in [0.15, 0.2) is 30.3 Å². The largest absolute Gasteiger partial charge is 0.366 e. The van der Waals surface area contributed by atoms with E-state index in [0.29, 0.717) is 22.6 Å². The Morgan fingerprint density at radius 3 is 2.22 bits per heavy atom. The molecule has 0 spiro atoms. The zero-order valence-electron chi connectivity index (χ0n) is 12.8. The second-order valence-electron chi connectivity index (χ2n) is 6.39. The van der Waals surface area contributed by atoms with Crippen LogP contribution in [0.5, 0.6) is 0 Å². The molecule has 6 heteroatoms. The van der Waals surface area contributed by atoms with Gasteiger partial charge < -0.3 is 9.80 Å². The molecule has 0 bridgehead atoms. The molecule has 2 atom stereocenters. The normalized spacial score (nSPS) is 23.5. The van der Waals surface area contributed by atoms with Gasteiger partial charge in [0.2, 0.25) is 0 Å². The van der Waals surface area contributed by atoms with Gasteiger partial charge in [0.25, 0.3) is 0 Å². The quantitative estimate of drug-likeness (QED) is 0.759. The third-order valence-electron chi connectivity index (χ3n) is 4.90. The van der Waals surface area contributed by atoms with Crippen molar-refractivity contribution in [2.24, 2.45) is 11.8 Å². The lowest BCUT2D eigenvalue weighted by Crippen LogP contribution is -2.28. The second-order valence-corrected chi connectivity index (χ2v) is 6.39. The Morgan fingerprint density at radius 2 is 1.57 bits per heavy atom. The molecule has 2 unspecified atom stereocenters. The van der Waals surface area contributed by atoms with Crippen molar-refractivity contribution < 1.29 is 8.78 Å². The monoisotopic (exact) mass is 360 g/mol. The number of halogens is 4. The van der Waals surface area contributed by atoms with Crippen LogP contribution in [0.4, 0.5) is 14.5 Å². The van der Waals surface area contributed by atoms with Gasteiger partial charge in [0.15, 0.2) is 5.82 Å². The molecule has 2 saturated heterocycles. The van der Waals surface area contributed by atoms with Gasteiger partial charge in [0.1, 0.15) is 11.5 Å². The summed E-state index contributed by atoms with van der Waals surface area (Å²) in [6.07, 6.45) is 0. The molecule has 2 nitrogen and oxygen atoms in total.